The Labute approximate surface area is 203 Å². The summed E-state index contributed by atoms with van der Waals surface area (Å²) >= 11 is 0. The summed E-state index contributed by atoms with van der Waals surface area (Å²) in [4.78, 5) is 50.4. The van der Waals surface area contributed by atoms with Crippen LogP contribution < -0.4 is 26.0 Å². The van der Waals surface area contributed by atoms with Gasteiger partial charge >= 0.3 is 5.97 Å². The fraction of sp³-hybridized carbons (Fsp3) is 0.565. The summed E-state index contributed by atoms with van der Waals surface area (Å²) in [6.45, 7) is 5.93. The largest absolute Gasteiger partial charge is 0.504 e. The number of carbonyl (C=O) groups excluding carboxylic acids is 3. The van der Waals surface area contributed by atoms with E-state index in [0.29, 0.717) is 0 Å². The zero-order valence-electron chi connectivity index (χ0n) is 20.4. The second kappa shape index (κ2) is 11.4. The molecule has 1 aromatic carbocycles. The van der Waals surface area contributed by atoms with Gasteiger partial charge in [0.05, 0.1) is 0 Å². The number of ether oxygens (including phenoxy) is 1. The Morgan fingerprint density at radius 2 is 1.86 bits per heavy atom. The van der Waals surface area contributed by atoms with Gasteiger partial charge in [-0.25, -0.2) is 0 Å². The quantitative estimate of drug-likeness (QED) is 0.271. The molecule has 0 radical (unpaired) electrons. The first-order valence-corrected chi connectivity index (χ1v) is 11.3. The number of phenols is 1. The second-order valence-corrected chi connectivity index (χ2v) is 8.99. The molecule has 0 spiro atoms. The normalized spacial score (nSPS) is 27.4. The van der Waals surface area contributed by atoms with Crippen molar-refractivity contribution in [1.82, 2.24) is 21.3 Å². The summed E-state index contributed by atoms with van der Waals surface area (Å²) < 4.78 is 6.05. The molecule has 1 heterocycles. The van der Waals surface area contributed by atoms with Crippen LogP contribution in [0.5, 0.6) is 11.5 Å². The standard InChI is InChI=1S/C23H34N4O8/c1-6-23(4)19(22(34)25-10-15(29)30)27-20(32)16(11(2)3)26-21(33)17(24-5)18(31)12-7-8-13(28)14(9-12)35-23/h7-9,11,16-19,24,28,31H,6,10H2,1-5H3,(H,25,34)(H,26,33)(H,27,32)(H,29,30)/t16-,17-,18+,19+,23+/m0/s1. The Kier molecular flexibility index (Phi) is 9.05. The van der Waals surface area contributed by atoms with Crippen LogP contribution in [0.1, 0.15) is 45.8 Å². The number of carboxylic acids is 1. The van der Waals surface area contributed by atoms with Gasteiger partial charge < -0.3 is 41.3 Å². The van der Waals surface area contributed by atoms with Crippen LogP contribution in [0.25, 0.3) is 0 Å². The highest BCUT2D eigenvalue weighted by atomic mass is 16.5. The lowest BCUT2D eigenvalue weighted by molar-refractivity contribution is -0.141. The Bertz CT molecular complexity index is 969. The van der Waals surface area contributed by atoms with E-state index in [2.05, 4.69) is 21.3 Å². The maximum Gasteiger partial charge on any atom is 0.322 e. The first kappa shape index (κ1) is 27.9. The molecule has 12 nitrogen and oxygen atoms in total. The lowest BCUT2D eigenvalue weighted by atomic mass is 9.91. The average Bonchev–Trinajstić information content (AvgIpc) is 2.80. The summed E-state index contributed by atoms with van der Waals surface area (Å²) in [5, 5.41) is 40.5. The van der Waals surface area contributed by atoms with Crippen molar-refractivity contribution in [2.45, 2.75) is 63.9 Å². The molecule has 1 aliphatic heterocycles. The van der Waals surface area contributed by atoms with Crippen LogP contribution in [0.15, 0.2) is 18.2 Å². The molecular formula is C23H34N4O8. The smallest absolute Gasteiger partial charge is 0.322 e. The first-order valence-electron chi connectivity index (χ1n) is 11.3. The predicted octanol–water partition coefficient (Wildman–Crippen LogP) is -0.599. The van der Waals surface area contributed by atoms with Crippen LogP contribution >= 0.6 is 0 Å². The van der Waals surface area contributed by atoms with Crippen molar-refractivity contribution in [2.24, 2.45) is 5.92 Å². The number of hydrogen-bond donors (Lipinski definition) is 7. The van der Waals surface area contributed by atoms with Crippen molar-refractivity contribution in [3.63, 3.8) is 0 Å². The molecule has 194 valence electrons. The number of amides is 3. The van der Waals surface area contributed by atoms with E-state index in [9.17, 15) is 29.4 Å². The van der Waals surface area contributed by atoms with Crippen molar-refractivity contribution in [3.05, 3.63) is 23.8 Å². The van der Waals surface area contributed by atoms with Crippen LogP contribution in [0.3, 0.4) is 0 Å². The third-order valence-electron chi connectivity index (χ3n) is 6.10. The molecule has 2 rings (SSSR count). The summed E-state index contributed by atoms with van der Waals surface area (Å²) in [6.07, 6.45) is -1.20. The van der Waals surface area contributed by atoms with Gasteiger partial charge in [0.25, 0.3) is 0 Å². The number of aliphatic hydroxyl groups is 1. The molecule has 0 unspecified atom stereocenters. The molecule has 5 atom stereocenters. The second-order valence-electron chi connectivity index (χ2n) is 8.99. The highest BCUT2D eigenvalue weighted by Crippen LogP contribution is 2.35. The van der Waals surface area contributed by atoms with E-state index in [1.165, 1.54) is 32.2 Å². The van der Waals surface area contributed by atoms with Gasteiger partial charge in [-0.05, 0) is 44.0 Å². The molecule has 0 aliphatic carbocycles. The van der Waals surface area contributed by atoms with E-state index in [1.54, 1.807) is 20.8 Å². The molecule has 1 aliphatic rings. The number of aromatic hydroxyl groups is 1. The number of phenolic OH excluding ortho intramolecular Hbond substituents is 1. The van der Waals surface area contributed by atoms with E-state index in [0.717, 1.165) is 0 Å². The maximum absolute atomic E-state index is 13.3. The fourth-order valence-corrected chi connectivity index (χ4v) is 3.78. The molecule has 12 heteroatoms. The van der Waals surface area contributed by atoms with Crippen LogP contribution in [-0.4, -0.2) is 76.3 Å². The number of benzene rings is 1. The zero-order chi connectivity index (χ0) is 26.5. The van der Waals surface area contributed by atoms with Gasteiger partial charge in [-0.1, -0.05) is 26.8 Å². The third-order valence-corrected chi connectivity index (χ3v) is 6.10. The van der Waals surface area contributed by atoms with Gasteiger partial charge in [0.1, 0.15) is 36.4 Å². The molecular weight excluding hydrogens is 460 g/mol. The Morgan fingerprint density at radius 1 is 1.20 bits per heavy atom. The minimum absolute atomic E-state index is 0.0916. The molecule has 35 heavy (non-hydrogen) atoms. The summed E-state index contributed by atoms with van der Waals surface area (Å²) in [7, 11) is 1.48. The number of rotatable bonds is 6. The number of carbonyl (C=O) groups is 4. The SMILES string of the molecule is CC[C@@]1(C)Oc2cc(ccc2O)[C@@H](O)[C@H](NC)C(=O)N[C@@H](C(C)C)C(=O)N[C@@H]1C(=O)NCC(=O)O. The molecule has 3 amide bonds. The molecule has 0 aromatic heterocycles. The van der Waals surface area contributed by atoms with E-state index >= 15 is 0 Å². The molecule has 7 N–H and O–H groups in total. The fourth-order valence-electron chi connectivity index (χ4n) is 3.78. The van der Waals surface area contributed by atoms with Gasteiger partial charge in [-0.3, -0.25) is 19.2 Å². The molecule has 2 bridgehead atoms. The van der Waals surface area contributed by atoms with Gasteiger partial charge in [0.2, 0.25) is 17.7 Å². The molecule has 0 saturated heterocycles. The van der Waals surface area contributed by atoms with Gasteiger partial charge in [-0.2, -0.15) is 0 Å². The van der Waals surface area contributed by atoms with Gasteiger partial charge in [-0.15, -0.1) is 0 Å². The van der Waals surface area contributed by atoms with Crippen LogP contribution in [0, 0.1) is 5.92 Å². The highest BCUT2D eigenvalue weighted by molar-refractivity contribution is 5.94. The van der Waals surface area contributed by atoms with Crippen molar-refractivity contribution in [1.29, 1.82) is 0 Å². The third kappa shape index (κ3) is 6.40. The number of carboxylic acid groups (broad SMARTS) is 1. The minimum Gasteiger partial charge on any atom is -0.504 e. The highest BCUT2D eigenvalue weighted by Gasteiger charge is 2.44. The molecule has 0 saturated carbocycles. The van der Waals surface area contributed by atoms with Crippen molar-refractivity contribution >= 4 is 23.7 Å². The minimum atomic E-state index is -1.46. The van der Waals surface area contributed by atoms with Crippen molar-refractivity contribution in [3.8, 4) is 11.5 Å². The van der Waals surface area contributed by atoms with E-state index in [1.807, 2.05) is 0 Å². The first-order chi connectivity index (χ1) is 16.3. The van der Waals surface area contributed by atoms with Crippen molar-refractivity contribution in [2.75, 3.05) is 13.6 Å². The maximum atomic E-state index is 13.3. The van der Waals surface area contributed by atoms with E-state index in [4.69, 9.17) is 9.84 Å². The van der Waals surface area contributed by atoms with Gasteiger partial charge in [0.15, 0.2) is 11.5 Å². The summed E-state index contributed by atoms with van der Waals surface area (Å²) in [5.41, 5.74) is -1.21. The van der Waals surface area contributed by atoms with E-state index < -0.39 is 66.0 Å². The van der Waals surface area contributed by atoms with E-state index in [-0.39, 0.29) is 23.5 Å². The Morgan fingerprint density at radius 3 is 2.40 bits per heavy atom. The monoisotopic (exact) mass is 494 g/mol. The number of nitrogens with one attached hydrogen (secondary N) is 4. The number of fused-ring (bicyclic) bond motifs is 2. The predicted molar refractivity (Wildman–Crippen MR) is 125 cm³/mol. The van der Waals surface area contributed by atoms with Crippen LogP contribution in [0.4, 0.5) is 0 Å². The average molecular weight is 495 g/mol. The summed E-state index contributed by atoms with van der Waals surface area (Å²) in [5.74, 6) is -4.25. The van der Waals surface area contributed by atoms with Crippen LogP contribution in [-0.2, 0) is 19.2 Å². The Hall–Kier alpha value is -3.38. The zero-order valence-corrected chi connectivity index (χ0v) is 20.4. The van der Waals surface area contributed by atoms with Crippen molar-refractivity contribution < 1.29 is 39.2 Å². The molecule has 1 aromatic rings. The van der Waals surface area contributed by atoms with Crippen LogP contribution in [0.2, 0.25) is 0 Å². The lowest BCUT2D eigenvalue weighted by Gasteiger charge is -2.37. The number of likely N-dealkylation sites (N-methyl/N-ethyl adjacent to an activating group) is 1. The topological polar surface area (TPSA) is 186 Å². The van der Waals surface area contributed by atoms with Gasteiger partial charge in [0, 0.05) is 0 Å². The number of hydrogen-bond acceptors (Lipinski definition) is 8. The molecule has 0 fully saturated rings. The number of aliphatic carboxylic acids is 1. The Balaban J connectivity index is 2.67. The lowest BCUT2D eigenvalue weighted by Crippen LogP contribution is -2.65. The summed E-state index contributed by atoms with van der Waals surface area (Å²) in [6, 6.07) is 0.425. The number of aliphatic hydroxyl groups excluding tert-OH is 1.